The van der Waals surface area contributed by atoms with Crippen LogP contribution in [-0.2, 0) is 16.6 Å². The van der Waals surface area contributed by atoms with Crippen molar-refractivity contribution in [2.45, 2.75) is 38.0 Å². The molecule has 2 rings (SSSR count). The second-order valence-electron chi connectivity index (χ2n) is 8.13. The molecule has 2 aromatic carbocycles. The maximum Gasteiger partial charge on any atom is 0.203 e. The van der Waals surface area contributed by atoms with Crippen molar-refractivity contribution in [2.24, 2.45) is 0 Å². The molecule has 2 aromatic rings. The van der Waals surface area contributed by atoms with Crippen molar-refractivity contribution in [3.05, 3.63) is 41.5 Å². The summed E-state index contributed by atoms with van der Waals surface area (Å²) in [5, 5.41) is 13.5. The monoisotopic (exact) mass is 484 g/mol. The lowest BCUT2D eigenvalue weighted by molar-refractivity contribution is -0.120. The van der Waals surface area contributed by atoms with Crippen LogP contribution < -0.4 is 29.0 Å². The van der Waals surface area contributed by atoms with E-state index in [4.69, 9.17) is 23.7 Å². The summed E-state index contributed by atoms with van der Waals surface area (Å²) < 4.78 is 26.8. The van der Waals surface area contributed by atoms with Gasteiger partial charge in [-0.25, -0.2) is 0 Å². The standard InChI is InChI=1S/C27H36N2O6/c1-19(30)27(18-28,21-16-24(33-4)26(35-6)25(17-21)34-5)12-8-14-29-13-7-9-20-10-11-22(31-2)23(15-20)32-3/h10-11,15-17,29H,7-9,12-14H2,1-6H3/t27-/m1/s1. The fourth-order valence-electron chi connectivity index (χ4n) is 4.11. The molecular formula is C27H36N2O6. The Morgan fingerprint density at radius 1 is 0.857 bits per heavy atom. The minimum absolute atomic E-state index is 0.220. The summed E-state index contributed by atoms with van der Waals surface area (Å²) in [5.74, 6) is 2.47. The van der Waals surface area contributed by atoms with E-state index in [1.165, 1.54) is 33.8 Å². The van der Waals surface area contributed by atoms with Gasteiger partial charge in [-0.05, 0) is 81.1 Å². The van der Waals surface area contributed by atoms with E-state index in [0.717, 1.165) is 25.1 Å². The first-order valence-corrected chi connectivity index (χ1v) is 11.5. The quantitative estimate of drug-likeness (QED) is 0.378. The van der Waals surface area contributed by atoms with Gasteiger partial charge in [-0.2, -0.15) is 5.26 Å². The van der Waals surface area contributed by atoms with Crippen molar-refractivity contribution in [1.82, 2.24) is 5.32 Å². The largest absolute Gasteiger partial charge is 0.493 e. The van der Waals surface area contributed by atoms with Gasteiger partial charge in [-0.3, -0.25) is 4.79 Å². The fourth-order valence-corrected chi connectivity index (χ4v) is 4.11. The number of Topliss-reactive ketones (excluding diaryl/α,β-unsaturated/α-hetero) is 1. The Bertz CT molecular complexity index is 1010. The van der Waals surface area contributed by atoms with Gasteiger partial charge in [0.1, 0.15) is 5.41 Å². The zero-order valence-electron chi connectivity index (χ0n) is 21.5. The van der Waals surface area contributed by atoms with Crippen molar-refractivity contribution in [3.63, 3.8) is 0 Å². The lowest BCUT2D eigenvalue weighted by Crippen LogP contribution is -2.34. The van der Waals surface area contributed by atoms with Crippen LogP contribution in [0.1, 0.15) is 37.3 Å². The SMILES string of the molecule is COc1ccc(CCCNCCC[C@@](C#N)(C(C)=O)c2cc(OC)c(OC)c(OC)c2)cc1OC. The van der Waals surface area contributed by atoms with Gasteiger partial charge < -0.3 is 29.0 Å². The normalized spacial score (nSPS) is 12.3. The number of ether oxygens (including phenoxy) is 5. The number of methoxy groups -OCH3 is 5. The number of aryl methyl sites for hydroxylation is 1. The molecule has 8 nitrogen and oxygen atoms in total. The topological polar surface area (TPSA) is 99.0 Å². The van der Waals surface area contributed by atoms with E-state index >= 15 is 0 Å². The van der Waals surface area contributed by atoms with Crippen LogP contribution in [-0.4, -0.2) is 54.4 Å². The van der Waals surface area contributed by atoms with E-state index in [0.29, 0.717) is 47.9 Å². The Morgan fingerprint density at radius 2 is 1.46 bits per heavy atom. The molecular weight excluding hydrogens is 448 g/mol. The number of nitrogens with zero attached hydrogens (tertiary/aromatic N) is 1. The van der Waals surface area contributed by atoms with Crippen molar-refractivity contribution in [3.8, 4) is 34.8 Å². The number of hydrogen-bond acceptors (Lipinski definition) is 8. The highest BCUT2D eigenvalue weighted by atomic mass is 16.5. The van der Waals surface area contributed by atoms with Crippen LogP contribution in [0, 0.1) is 11.3 Å². The predicted molar refractivity (Wildman–Crippen MR) is 134 cm³/mol. The first kappa shape index (κ1) is 27.8. The van der Waals surface area contributed by atoms with Crippen LogP contribution >= 0.6 is 0 Å². The Morgan fingerprint density at radius 3 is 1.97 bits per heavy atom. The molecule has 0 aliphatic carbocycles. The molecule has 0 heterocycles. The van der Waals surface area contributed by atoms with E-state index in [-0.39, 0.29) is 5.78 Å². The average Bonchev–Trinajstić information content (AvgIpc) is 2.89. The number of ketones is 1. The van der Waals surface area contributed by atoms with Crippen molar-refractivity contribution >= 4 is 5.78 Å². The molecule has 0 aromatic heterocycles. The molecule has 0 aliphatic rings. The zero-order chi connectivity index (χ0) is 25.8. The molecule has 1 N–H and O–H groups in total. The van der Waals surface area contributed by atoms with Gasteiger partial charge in [0.15, 0.2) is 28.8 Å². The lowest BCUT2D eigenvalue weighted by atomic mass is 9.74. The van der Waals surface area contributed by atoms with E-state index in [9.17, 15) is 10.1 Å². The van der Waals surface area contributed by atoms with E-state index in [2.05, 4.69) is 11.4 Å². The minimum Gasteiger partial charge on any atom is -0.493 e. The summed E-state index contributed by atoms with van der Waals surface area (Å²) in [4.78, 5) is 12.7. The number of rotatable bonds is 15. The second-order valence-corrected chi connectivity index (χ2v) is 8.13. The lowest BCUT2D eigenvalue weighted by Gasteiger charge is -2.26. The third kappa shape index (κ3) is 6.58. The van der Waals surface area contributed by atoms with Crippen molar-refractivity contribution < 1.29 is 28.5 Å². The zero-order valence-corrected chi connectivity index (χ0v) is 21.5. The number of benzene rings is 2. The first-order chi connectivity index (χ1) is 16.9. The molecule has 0 bridgehead atoms. The van der Waals surface area contributed by atoms with Crippen LogP contribution in [0.2, 0.25) is 0 Å². The minimum atomic E-state index is -1.30. The van der Waals surface area contributed by atoms with Gasteiger partial charge in [-0.15, -0.1) is 0 Å². The predicted octanol–water partition coefficient (Wildman–Crippen LogP) is 4.08. The van der Waals surface area contributed by atoms with Crippen LogP contribution in [0.3, 0.4) is 0 Å². The number of nitrogens with one attached hydrogen (secondary N) is 1. The molecule has 190 valence electrons. The third-order valence-corrected chi connectivity index (χ3v) is 6.12. The molecule has 0 fully saturated rings. The molecule has 0 saturated heterocycles. The fraction of sp³-hybridized carbons (Fsp3) is 0.481. The Labute approximate surface area is 208 Å². The van der Waals surface area contributed by atoms with Gasteiger partial charge in [0.2, 0.25) is 5.75 Å². The highest BCUT2D eigenvalue weighted by molar-refractivity contribution is 5.91. The summed E-state index contributed by atoms with van der Waals surface area (Å²) in [6.07, 6.45) is 2.87. The molecule has 0 saturated carbocycles. The van der Waals surface area contributed by atoms with Crippen LogP contribution in [0.4, 0.5) is 0 Å². The molecule has 0 unspecified atom stereocenters. The summed E-state index contributed by atoms with van der Waals surface area (Å²) >= 11 is 0. The molecule has 8 heteroatoms. The molecule has 1 atom stereocenters. The molecule has 0 radical (unpaired) electrons. The van der Waals surface area contributed by atoms with Gasteiger partial charge in [0, 0.05) is 0 Å². The second kappa shape index (κ2) is 13.4. The van der Waals surface area contributed by atoms with E-state index in [1.807, 2.05) is 18.2 Å². The van der Waals surface area contributed by atoms with E-state index in [1.54, 1.807) is 26.4 Å². The highest BCUT2D eigenvalue weighted by Crippen LogP contribution is 2.43. The van der Waals surface area contributed by atoms with Crippen molar-refractivity contribution in [1.29, 1.82) is 5.26 Å². The smallest absolute Gasteiger partial charge is 0.203 e. The first-order valence-electron chi connectivity index (χ1n) is 11.5. The highest BCUT2D eigenvalue weighted by Gasteiger charge is 2.38. The number of carbonyl (C=O) groups is 1. The van der Waals surface area contributed by atoms with Gasteiger partial charge >= 0.3 is 0 Å². The molecule has 0 amide bonds. The number of carbonyl (C=O) groups excluding carboxylic acids is 1. The molecule has 35 heavy (non-hydrogen) atoms. The molecule has 0 spiro atoms. The Kier molecular flexibility index (Phi) is 10.7. The number of hydrogen-bond donors (Lipinski definition) is 1. The van der Waals surface area contributed by atoms with Gasteiger partial charge in [-0.1, -0.05) is 6.07 Å². The maximum atomic E-state index is 12.7. The van der Waals surface area contributed by atoms with E-state index < -0.39 is 5.41 Å². The Hall–Kier alpha value is -3.44. The van der Waals surface area contributed by atoms with Crippen LogP contribution in [0.25, 0.3) is 0 Å². The van der Waals surface area contributed by atoms with Gasteiger partial charge in [0.25, 0.3) is 0 Å². The maximum absolute atomic E-state index is 12.7. The summed E-state index contributed by atoms with van der Waals surface area (Å²) in [5.41, 5.74) is 0.413. The molecule has 0 aliphatic heterocycles. The summed E-state index contributed by atoms with van der Waals surface area (Å²) in [7, 11) is 7.78. The van der Waals surface area contributed by atoms with Crippen LogP contribution in [0.15, 0.2) is 30.3 Å². The van der Waals surface area contributed by atoms with Crippen LogP contribution in [0.5, 0.6) is 28.7 Å². The summed E-state index contributed by atoms with van der Waals surface area (Å²) in [6.45, 7) is 2.95. The van der Waals surface area contributed by atoms with Crippen molar-refractivity contribution in [2.75, 3.05) is 48.6 Å². The average molecular weight is 485 g/mol. The number of nitriles is 1. The Balaban J connectivity index is 1.98. The summed E-state index contributed by atoms with van der Waals surface area (Å²) in [6, 6.07) is 11.6. The van der Waals surface area contributed by atoms with Gasteiger partial charge in [0.05, 0.1) is 41.6 Å². The third-order valence-electron chi connectivity index (χ3n) is 6.12.